The highest BCUT2D eigenvalue weighted by molar-refractivity contribution is 5.55. The molecule has 3 nitrogen and oxygen atoms in total. The van der Waals surface area contributed by atoms with E-state index in [2.05, 4.69) is 16.8 Å². The molecule has 2 N–H and O–H groups in total. The number of nitrogens with two attached hydrogens (primary N) is 1. The van der Waals surface area contributed by atoms with Gasteiger partial charge in [-0.2, -0.15) is 0 Å². The molecule has 1 heterocycles. The third kappa shape index (κ3) is 3.25. The molecule has 2 atom stereocenters. The predicted octanol–water partition coefficient (Wildman–Crippen LogP) is 2.23. The number of nitrogens with zero attached hydrogens (tertiary/aromatic N) is 2. The largest absolute Gasteiger partial charge is 0.374 e. The van der Waals surface area contributed by atoms with Gasteiger partial charge < -0.3 is 15.5 Å². The number of likely N-dealkylation sites (tertiary alicyclic amines) is 1. The fraction of sp³-hybridized carbons (Fsp3) is 0.600. The van der Waals surface area contributed by atoms with Crippen molar-refractivity contribution in [2.24, 2.45) is 11.7 Å². The molecule has 1 saturated heterocycles. The van der Waals surface area contributed by atoms with Gasteiger partial charge >= 0.3 is 0 Å². The van der Waals surface area contributed by atoms with E-state index in [1.165, 1.54) is 12.5 Å². The standard InChI is InChI=1S/C15H24FN3/c1-11(17)15-13(16)5-4-6-14(15)19(3)10-12-7-8-18(2)9-12/h4-6,11-12H,7-10,17H2,1-3H3/t11-,12?/m1/s1. The summed E-state index contributed by atoms with van der Waals surface area (Å²) in [6.45, 7) is 5.06. The Morgan fingerprint density at radius 1 is 1.53 bits per heavy atom. The van der Waals surface area contributed by atoms with Crippen LogP contribution in [0.15, 0.2) is 18.2 Å². The van der Waals surface area contributed by atoms with Crippen LogP contribution in [0.5, 0.6) is 0 Å². The van der Waals surface area contributed by atoms with Gasteiger partial charge in [-0.3, -0.25) is 0 Å². The lowest BCUT2D eigenvalue weighted by Gasteiger charge is -2.27. The zero-order valence-corrected chi connectivity index (χ0v) is 12.1. The Kier molecular flexibility index (Phi) is 4.42. The average molecular weight is 265 g/mol. The fourth-order valence-corrected chi connectivity index (χ4v) is 2.97. The first-order chi connectivity index (χ1) is 8.99. The molecule has 1 aliphatic heterocycles. The summed E-state index contributed by atoms with van der Waals surface area (Å²) >= 11 is 0. The third-order valence-electron chi connectivity index (χ3n) is 3.92. The number of hydrogen-bond donors (Lipinski definition) is 1. The van der Waals surface area contributed by atoms with E-state index >= 15 is 0 Å². The zero-order chi connectivity index (χ0) is 14.0. The summed E-state index contributed by atoms with van der Waals surface area (Å²) in [5.74, 6) is 0.446. The highest BCUT2D eigenvalue weighted by atomic mass is 19.1. The van der Waals surface area contributed by atoms with Crippen molar-refractivity contribution in [2.45, 2.75) is 19.4 Å². The van der Waals surface area contributed by atoms with E-state index in [1.54, 1.807) is 6.07 Å². The van der Waals surface area contributed by atoms with E-state index in [1.807, 2.05) is 20.0 Å². The van der Waals surface area contributed by atoms with Gasteiger partial charge in [0.25, 0.3) is 0 Å². The molecule has 1 unspecified atom stereocenters. The van der Waals surface area contributed by atoms with Crippen molar-refractivity contribution >= 4 is 5.69 Å². The van der Waals surface area contributed by atoms with Gasteiger partial charge in [-0.05, 0) is 45.0 Å². The fourth-order valence-electron chi connectivity index (χ4n) is 2.97. The quantitative estimate of drug-likeness (QED) is 0.906. The van der Waals surface area contributed by atoms with Crippen molar-refractivity contribution in [2.75, 3.05) is 38.6 Å². The lowest BCUT2D eigenvalue weighted by molar-refractivity contribution is 0.395. The molecular formula is C15H24FN3. The van der Waals surface area contributed by atoms with Crippen molar-refractivity contribution < 1.29 is 4.39 Å². The van der Waals surface area contributed by atoms with Gasteiger partial charge in [-0.25, -0.2) is 4.39 Å². The number of halogens is 1. The minimum absolute atomic E-state index is 0.206. The second kappa shape index (κ2) is 5.88. The van der Waals surface area contributed by atoms with E-state index < -0.39 is 0 Å². The number of anilines is 1. The van der Waals surface area contributed by atoms with Crippen molar-refractivity contribution in [3.63, 3.8) is 0 Å². The third-order valence-corrected chi connectivity index (χ3v) is 3.92. The second-order valence-electron chi connectivity index (χ2n) is 5.76. The molecule has 1 aliphatic rings. The molecule has 106 valence electrons. The molecule has 4 heteroatoms. The van der Waals surface area contributed by atoms with Gasteiger partial charge in [0.1, 0.15) is 5.82 Å². The monoisotopic (exact) mass is 265 g/mol. The van der Waals surface area contributed by atoms with Gasteiger partial charge in [0.2, 0.25) is 0 Å². The Hall–Kier alpha value is -1.13. The van der Waals surface area contributed by atoms with E-state index in [9.17, 15) is 4.39 Å². The Bertz CT molecular complexity index is 433. The molecule has 1 fully saturated rings. The predicted molar refractivity (Wildman–Crippen MR) is 77.9 cm³/mol. The molecule has 0 spiro atoms. The summed E-state index contributed by atoms with van der Waals surface area (Å²) in [4.78, 5) is 4.49. The minimum Gasteiger partial charge on any atom is -0.374 e. The smallest absolute Gasteiger partial charge is 0.130 e. The summed E-state index contributed by atoms with van der Waals surface area (Å²) in [7, 11) is 4.18. The molecule has 0 bridgehead atoms. The minimum atomic E-state index is -0.287. The van der Waals surface area contributed by atoms with Crippen molar-refractivity contribution in [1.29, 1.82) is 0 Å². The first-order valence-electron chi connectivity index (χ1n) is 6.92. The molecule has 0 aliphatic carbocycles. The SMILES string of the molecule is C[C@@H](N)c1c(F)cccc1N(C)CC1CCN(C)C1. The van der Waals surface area contributed by atoms with E-state index in [4.69, 9.17) is 5.73 Å². The van der Waals surface area contributed by atoms with Gasteiger partial charge in [0, 0.05) is 37.4 Å². The molecule has 0 radical (unpaired) electrons. The Balaban J connectivity index is 2.14. The molecule has 0 saturated carbocycles. The van der Waals surface area contributed by atoms with Gasteiger partial charge in [0.05, 0.1) is 0 Å². The average Bonchev–Trinajstić information content (AvgIpc) is 2.73. The Labute approximate surface area is 115 Å². The van der Waals surface area contributed by atoms with Crippen LogP contribution in [-0.4, -0.2) is 38.6 Å². The van der Waals surface area contributed by atoms with Crippen molar-refractivity contribution in [3.8, 4) is 0 Å². The van der Waals surface area contributed by atoms with Crippen LogP contribution in [0.3, 0.4) is 0 Å². The number of benzene rings is 1. The molecule has 1 aromatic rings. The summed E-state index contributed by atoms with van der Waals surface area (Å²) in [6, 6.07) is 4.91. The van der Waals surface area contributed by atoms with Gasteiger partial charge in [0.15, 0.2) is 0 Å². The van der Waals surface area contributed by atoms with Gasteiger partial charge in [-0.15, -0.1) is 0 Å². The molecule has 0 amide bonds. The number of rotatable bonds is 4. The highest BCUT2D eigenvalue weighted by Gasteiger charge is 2.22. The molecule has 1 aromatic carbocycles. The molecule has 0 aromatic heterocycles. The summed E-state index contributed by atoms with van der Waals surface area (Å²) < 4.78 is 13.9. The maximum absolute atomic E-state index is 13.9. The molecule has 2 rings (SSSR count). The Morgan fingerprint density at radius 3 is 2.84 bits per heavy atom. The summed E-state index contributed by atoms with van der Waals surface area (Å²) in [5.41, 5.74) is 7.45. The van der Waals surface area contributed by atoms with E-state index in [-0.39, 0.29) is 11.9 Å². The zero-order valence-electron chi connectivity index (χ0n) is 12.1. The maximum Gasteiger partial charge on any atom is 0.130 e. The van der Waals surface area contributed by atoms with Crippen LogP contribution in [0.2, 0.25) is 0 Å². The molecule has 19 heavy (non-hydrogen) atoms. The van der Waals surface area contributed by atoms with Crippen LogP contribution in [0.25, 0.3) is 0 Å². The summed E-state index contributed by atoms with van der Waals surface area (Å²) in [6.07, 6.45) is 1.21. The van der Waals surface area contributed by atoms with Crippen LogP contribution in [0.1, 0.15) is 24.9 Å². The number of hydrogen-bond acceptors (Lipinski definition) is 3. The van der Waals surface area contributed by atoms with E-state index in [0.717, 1.165) is 25.3 Å². The first kappa shape index (κ1) is 14.3. The van der Waals surface area contributed by atoms with Crippen LogP contribution in [0.4, 0.5) is 10.1 Å². The van der Waals surface area contributed by atoms with Crippen LogP contribution in [-0.2, 0) is 0 Å². The Morgan fingerprint density at radius 2 is 2.26 bits per heavy atom. The first-order valence-corrected chi connectivity index (χ1v) is 6.92. The van der Waals surface area contributed by atoms with Crippen molar-refractivity contribution in [3.05, 3.63) is 29.6 Å². The van der Waals surface area contributed by atoms with Crippen molar-refractivity contribution in [1.82, 2.24) is 4.90 Å². The highest BCUT2D eigenvalue weighted by Crippen LogP contribution is 2.28. The maximum atomic E-state index is 13.9. The van der Waals surface area contributed by atoms with Gasteiger partial charge in [-0.1, -0.05) is 6.07 Å². The lowest BCUT2D eigenvalue weighted by Crippen LogP contribution is -2.29. The van der Waals surface area contributed by atoms with Crippen LogP contribution in [0, 0.1) is 11.7 Å². The second-order valence-corrected chi connectivity index (χ2v) is 5.76. The normalized spacial score (nSPS) is 21.6. The summed E-state index contributed by atoms with van der Waals surface area (Å²) in [5, 5.41) is 0. The van der Waals surface area contributed by atoms with E-state index in [0.29, 0.717) is 11.5 Å². The van der Waals surface area contributed by atoms with Crippen LogP contribution >= 0.6 is 0 Å². The lowest BCUT2D eigenvalue weighted by atomic mass is 10.0. The van der Waals surface area contributed by atoms with Crippen LogP contribution < -0.4 is 10.6 Å². The topological polar surface area (TPSA) is 32.5 Å². The molecular weight excluding hydrogens is 241 g/mol.